The zero-order chi connectivity index (χ0) is 24.2. The molecule has 11 heteroatoms. The third-order valence-electron chi connectivity index (χ3n) is 5.56. The number of hydrogen-bond donors (Lipinski definition) is 2. The summed E-state index contributed by atoms with van der Waals surface area (Å²) in [6.45, 7) is 4.02. The topological polar surface area (TPSA) is 106 Å². The fourth-order valence-electron chi connectivity index (χ4n) is 3.50. The molecule has 9 nitrogen and oxygen atoms in total. The summed E-state index contributed by atoms with van der Waals surface area (Å²) in [4.78, 5) is 8.88. The van der Waals surface area contributed by atoms with Crippen LogP contribution in [-0.2, 0) is 24.5 Å². The van der Waals surface area contributed by atoms with Gasteiger partial charge < -0.3 is 11.1 Å². The Morgan fingerprint density at radius 1 is 1.29 bits per heavy atom. The van der Waals surface area contributed by atoms with Gasteiger partial charge in [-0.05, 0) is 63.3 Å². The summed E-state index contributed by atoms with van der Waals surface area (Å²) in [5, 5.41) is 9.68. The minimum atomic E-state index is -0.964. The Bertz CT molecular complexity index is 1270. The highest BCUT2D eigenvalue weighted by molar-refractivity contribution is 7.85. The van der Waals surface area contributed by atoms with Gasteiger partial charge in [0.2, 0.25) is 0 Å². The molecule has 182 valence electrons. The van der Waals surface area contributed by atoms with Crippen LogP contribution in [0.4, 0.5) is 5.82 Å². The van der Waals surface area contributed by atoms with Crippen molar-refractivity contribution in [1.82, 2.24) is 33.8 Å². The van der Waals surface area contributed by atoms with Gasteiger partial charge in [0.1, 0.15) is 15.2 Å². The lowest BCUT2D eigenvalue weighted by Crippen LogP contribution is -2.20. The maximum atomic E-state index is 11.5. The third-order valence-corrected chi connectivity index (χ3v) is 8.39. The normalized spacial score (nSPS) is 14.4. The molecular weight excluding hydrogens is 468 g/mol. The van der Waals surface area contributed by atoms with Crippen molar-refractivity contribution in [2.24, 2.45) is 13.0 Å². The second kappa shape index (κ2) is 10.8. The molecule has 4 aromatic rings. The molecule has 4 heterocycles. The van der Waals surface area contributed by atoms with Gasteiger partial charge in [-0.1, -0.05) is 0 Å². The molecule has 0 spiro atoms. The molecule has 1 fully saturated rings. The predicted octanol–water partition coefficient (Wildman–Crippen LogP) is 2.89. The maximum absolute atomic E-state index is 11.5. The fraction of sp³-hybridized carbons (Fsp3) is 0.435. The van der Waals surface area contributed by atoms with Crippen molar-refractivity contribution in [1.29, 1.82) is 0 Å². The average molecular weight is 501 g/mol. The SMILES string of the molecule is Cc1ccsc1S(=O)N(C)C.Cn1cc(-c2cnc3c(N)nc(CCNCC4CC4)cn23)cn1. The van der Waals surface area contributed by atoms with Crippen LogP contribution in [0.2, 0.25) is 0 Å². The van der Waals surface area contributed by atoms with E-state index in [1.807, 2.05) is 68.7 Å². The van der Waals surface area contributed by atoms with Crippen LogP contribution >= 0.6 is 11.3 Å². The molecule has 5 rings (SSSR count). The van der Waals surface area contributed by atoms with E-state index in [1.165, 1.54) is 12.8 Å². The number of thiophene rings is 1. The van der Waals surface area contributed by atoms with E-state index < -0.39 is 11.0 Å². The molecule has 1 atom stereocenters. The van der Waals surface area contributed by atoms with Crippen LogP contribution in [0.15, 0.2) is 40.4 Å². The Kier molecular flexibility index (Phi) is 7.77. The van der Waals surface area contributed by atoms with Crippen LogP contribution in [0.5, 0.6) is 0 Å². The van der Waals surface area contributed by atoms with Gasteiger partial charge in [0.25, 0.3) is 0 Å². The van der Waals surface area contributed by atoms with E-state index in [0.29, 0.717) is 11.5 Å². The van der Waals surface area contributed by atoms with Gasteiger partial charge in [0, 0.05) is 38.0 Å². The van der Waals surface area contributed by atoms with Crippen molar-refractivity contribution in [3.63, 3.8) is 0 Å². The van der Waals surface area contributed by atoms with Crippen molar-refractivity contribution in [3.05, 3.63) is 47.5 Å². The number of nitrogens with two attached hydrogens (primary N) is 1. The fourth-order valence-corrected chi connectivity index (χ4v) is 5.77. The molecule has 0 saturated heterocycles. The van der Waals surface area contributed by atoms with Crippen molar-refractivity contribution < 1.29 is 4.21 Å². The van der Waals surface area contributed by atoms with E-state index in [2.05, 4.69) is 20.4 Å². The number of aryl methyl sites for hydroxylation is 2. The Labute approximate surface area is 206 Å². The Hall–Kier alpha value is -2.60. The van der Waals surface area contributed by atoms with Gasteiger partial charge in [0.15, 0.2) is 11.5 Å². The monoisotopic (exact) mass is 500 g/mol. The molecular formula is C23H32N8OS2. The second-order valence-electron chi connectivity index (χ2n) is 8.71. The molecule has 3 N–H and O–H groups in total. The van der Waals surface area contributed by atoms with Gasteiger partial charge in [-0.25, -0.2) is 18.5 Å². The highest BCUT2D eigenvalue weighted by Gasteiger charge is 2.20. The molecule has 0 aliphatic heterocycles. The van der Waals surface area contributed by atoms with Gasteiger partial charge in [-0.15, -0.1) is 11.3 Å². The van der Waals surface area contributed by atoms with E-state index in [0.717, 1.165) is 52.2 Å². The summed E-state index contributed by atoms with van der Waals surface area (Å²) in [5.41, 5.74) is 10.9. The van der Waals surface area contributed by atoms with Crippen molar-refractivity contribution >= 4 is 33.8 Å². The molecule has 1 aliphatic rings. The lowest BCUT2D eigenvalue weighted by atomic mass is 10.2. The first kappa shape index (κ1) is 24.5. The van der Waals surface area contributed by atoms with Gasteiger partial charge in [0.05, 0.1) is 23.8 Å². The van der Waals surface area contributed by atoms with E-state index in [1.54, 1.807) is 20.3 Å². The molecule has 0 bridgehead atoms. The molecule has 1 saturated carbocycles. The summed E-state index contributed by atoms with van der Waals surface area (Å²) >= 11 is 1.54. The molecule has 4 aromatic heterocycles. The van der Waals surface area contributed by atoms with Crippen molar-refractivity contribution in [2.45, 2.75) is 30.4 Å². The highest BCUT2D eigenvalue weighted by Crippen LogP contribution is 2.27. The standard InChI is InChI=1S/C16H21N7.C7H11NOS2/c1-22-9-12(7-20-22)14-8-19-16-15(17)21-13(10-23(14)16)4-5-18-6-11-2-3-11;1-6-4-5-10-7(6)11(9)8(2)3/h7-11,18H,2-6H2,1H3,(H2,17,21);4-5H,1-3H3. The van der Waals surface area contributed by atoms with Gasteiger partial charge in [-0.2, -0.15) is 5.10 Å². The summed E-state index contributed by atoms with van der Waals surface area (Å²) < 4.78 is 17.9. The lowest BCUT2D eigenvalue weighted by Gasteiger charge is -2.07. The average Bonchev–Trinajstić information content (AvgIpc) is 3.15. The first-order chi connectivity index (χ1) is 16.3. The number of anilines is 1. The number of imidazole rings is 1. The van der Waals surface area contributed by atoms with Crippen LogP contribution in [-0.4, -0.2) is 59.8 Å². The number of aromatic nitrogens is 5. The second-order valence-corrected chi connectivity index (χ2v) is 11.5. The number of nitrogen functional groups attached to an aromatic ring is 1. The predicted molar refractivity (Wildman–Crippen MR) is 138 cm³/mol. The van der Waals surface area contributed by atoms with E-state index >= 15 is 0 Å². The minimum Gasteiger partial charge on any atom is -0.381 e. The maximum Gasteiger partial charge on any atom is 0.180 e. The van der Waals surface area contributed by atoms with Crippen molar-refractivity contribution in [3.8, 4) is 11.3 Å². The Morgan fingerprint density at radius 2 is 2.09 bits per heavy atom. The van der Waals surface area contributed by atoms with Crippen molar-refractivity contribution in [2.75, 3.05) is 32.9 Å². The molecule has 1 unspecified atom stereocenters. The van der Waals surface area contributed by atoms with Crippen LogP contribution < -0.4 is 11.1 Å². The zero-order valence-electron chi connectivity index (χ0n) is 20.1. The van der Waals surface area contributed by atoms with Crippen LogP contribution in [0, 0.1) is 12.8 Å². The molecule has 0 aromatic carbocycles. The zero-order valence-corrected chi connectivity index (χ0v) is 21.7. The van der Waals surface area contributed by atoms with Crippen LogP contribution in [0.25, 0.3) is 16.9 Å². The van der Waals surface area contributed by atoms with E-state index in [-0.39, 0.29) is 0 Å². The smallest absolute Gasteiger partial charge is 0.180 e. The lowest BCUT2D eigenvalue weighted by molar-refractivity contribution is 0.604. The number of rotatable bonds is 8. The third kappa shape index (κ3) is 5.90. The quantitative estimate of drug-likeness (QED) is 0.360. The summed E-state index contributed by atoms with van der Waals surface area (Å²) in [7, 11) is 4.57. The first-order valence-corrected chi connectivity index (χ1v) is 13.3. The molecule has 0 radical (unpaired) electrons. The number of fused-ring (bicyclic) bond motifs is 1. The minimum absolute atomic E-state index is 0.472. The molecule has 1 aliphatic carbocycles. The molecule has 0 amide bonds. The number of nitrogens with one attached hydrogen (secondary N) is 1. The molecule has 34 heavy (non-hydrogen) atoms. The van der Waals surface area contributed by atoms with Gasteiger partial charge in [-0.3, -0.25) is 9.08 Å². The highest BCUT2D eigenvalue weighted by atomic mass is 32.2. The number of nitrogens with zero attached hydrogens (tertiary/aromatic N) is 6. The summed E-state index contributed by atoms with van der Waals surface area (Å²) in [5.74, 6) is 1.36. The first-order valence-electron chi connectivity index (χ1n) is 11.3. The van der Waals surface area contributed by atoms with Crippen LogP contribution in [0.3, 0.4) is 0 Å². The van der Waals surface area contributed by atoms with Crippen LogP contribution in [0.1, 0.15) is 24.1 Å². The summed E-state index contributed by atoms with van der Waals surface area (Å²) in [6, 6.07) is 1.99. The Morgan fingerprint density at radius 3 is 2.71 bits per heavy atom. The number of hydrogen-bond acceptors (Lipinski definition) is 7. The van der Waals surface area contributed by atoms with E-state index in [4.69, 9.17) is 5.73 Å². The van der Waals surface area contributed by atoms with Gasteiger partial charge >= 0.3 is 0 Å². The Balaban J connectivity index is 0.000000210. The summed E-state index contributed by atoms with van der Waals surface area (Å²) in [6.07, 6.45) is 11.2. The largest absolute Gasteiger partial charge is 0.381 e. The van der Waals surface area contributed by atoms with E-state index in [9.17, 15) is 4.21 Å².